The molecule has 0 unspecified atom stereocenters. The molecule has 2 saturated heterocycles. The monoisotopic (exact) mass is 252 g/mol. The summed E-state index contributed by atoms with van der Waals surface area (Å²) in [4.78, 5) is 5.32. The Hall–Kier alpha value is -0.0800. The zero-order chi connectivity index (χ0) is 13.3. The van der Waals surface area contributed by atoms with Gasteiger partial charge in [-0.15, -0.1) is 0 Å². The number of piperidine rings is 1. The molecular formula is C16H32N2. The van der Waals surface area contributed by atoms with Crippen LogP contribution in [0.25, 0.3) is 0 Å². The summed E-state index contributed by atoms with van der Waals surface area (Å²) >= 11 is 0. The van der Waals surface area contributed by atoms with E-state index in [0.717, 1.165) is 17.8 Å². The third-order valence-electron chi connectivity index (χ3n) is 5.00. The summed E-state index contributed by atoms with van der Waals surface area (Å²) in [7, 11) is 0. The lowest BCUT2D eigenvalue weighted by atomic mass is 9.86. The molecule has 0 atom stereocenters. The van der Waals surface area contributed by atoms with Gasteiger partial charge in [0, 0.05) is 25.2 Å². The van der Waals surface area contributed by atoms with Gasteiger partial charge >= 0.3 is 0 Å². The van der Waals surface area contributed by atoms with E-state index in [1.807, 2.05) is 0 Å². The van der Waals surface area contributed by atoms with Gasteiger partial charge in [0.25, 0.3) is 0 Å². The minimum atomic E-state index is 0.376. The fraction of sp³-hybridized carbons (Fsp3) is 1.00. The van der Waals surface area contributed by atoms with Crippen LogP contribution in [0.5, 0.6) is 0 Å². The van der Waals surface area contributed by atoms with E-state index in [1.165, 1.54) is 45.6 Å². The Kier molecular flexibility index (Phi) is 4.38. The van der Waals surface area contributed by atoms with Crippen molar-refractivity contribution in [3.05, 3.63) is 0 Å². The smallest absolute Gasteiger partial charge is 0.0125 e. The van der Waals surface area contributed by atoms with E-state index in [1.54, 1.807) is 0 Å². The molecule has 2 nitrogen and oxygen atoms in total. The van der Waals surface area contributed by atoms with Gasteiger partial charge in [0.15, 0.2) is 0 Å². The Balaban J connectivity index is 1.65. The highest BCUT2D eigenvalue weighted by Gasteiger charge is 2.35. The highest BCUT2D eigenvalue weighted by molar-refractivity contribution is 4.90. The fourth-order valence-electron chi connectivity index (χ4n) is 3.40. The van der Waals surface area contributed by atoms with Crippen LogP contribution in [0.2, 0.25) is 0 Å². The van der Waals surface area contributed by atoms with Crippen LogP contribution >= 0.6 is 0 Å². The molecule has 18 heavy (non-hydrogen) atoms. The average Bonchev–Trinajstić information content (AvgIpc) is 2.21. The molecule has 106 valence electrons. The highest BCUT2D eigenvalue weighted by Crippen LogP contribution is 2.28. The molecule has 0 spiro atoms. The molecule has 2 heteroatoms. The Morgan fingerprint density at radius 2 is 1.61 bits per heavy atom. The van der Waals surface area contributed by atoms with Crippen molar-refractivity contribution in [2.75, 3.05) is 32.7 Å². The van der Waals surface area contributed by atoms with Gasteiger partial charge in [-0.1, -0.05) is 13.8 Å². The Bertz CT molecular complexity index is 253. The van der Waals surface area contributed by atoms with Crippen molar-refractivity contribution in [3.8, 4) is 0 Å². The van der Waals surface area contributed by atoms with Crippen molar-refractivity contribution in [2.24, 2.45) is 17.8 Å². The van der Waals surface area contributed by atoms with Crippen LogP contribution in [-0.4, -0.2) is 48.1 Å². The van der Waals surface area contributed by atoms with Gasteiger partial charge in [0.2, 0.25) is 0 Å². The van der Waals surface area contributed by atoms with Crippen LogP contribution in [-0.2, 0) is 0 Å². The molecule has 0 aromatic heterocycles. The summed E-state index contributed by atoms with van der Waals surface area (Å²) in [6, 6.07) is 0. The SMILES string of the molecule is CC(C)C1CCN(CC2CN(C(C)(C)C)C2)CC1. The molecule has 2 aliphatic rings. The van der Waals surface area contributed by atoms with Crippen LogP contribution < -0.4 is 0 Å². The first-order chi connectivity index (χ1) is 8.36. The molecule has 0 aromatic rings. The van der Waals surface area contributed by atoms with Gasteiger partial charge in [0.05, 0.1) is 0 Å². The maximum absolute atomic E-state index is 2.71. The summed E-state index contributed by atoms with van der Waals surface area (Å²) in [6.45, 7) is 18.4. The molecule has 0 amide bonds. The quantitative estimate of drug-likeness (QED) is 0.761. The number of nitrogens with zero attached hydrogens (tertiary/aromatic N) is 2. The zero-order valence-corrected chi connectivity index (χ0v) is 13.1. The standard InChI is InChI=1S/C16H32N2/c1-13(2)15-6-8-17(9-7-15)10-14-11-18(12-14)16(3,4)5/h13-15H,6-12H2,1-5H3. The van der Waals surface area contributed by atoms with Crippen molar-refractivity contribution in [1.29, 1.82) is 0 Å². The van der Waals surface area contributed by atoms with E-state index >= 15 is 0 Å². The Morgan fingerprint density at radius 3 is 2.06 bits per heavy atom. The normalized spacial score (nSPS) is 25.7. The third kappa shape index (κ3) is 3.48. The van der Waals surface area contributed by atoms with E-state index in [-0.39, 0.29) is 0 Å². The third-order valence-corrected chi connectivity index (χ3v) is 5.00. The lowest BCUT2D eigenvalue weighted by molar-refractivity contribution is -0.00739. The second kappa shape index (κ2) is 5.50. The largest absolute Gasteiger partial charge is 0.303 e. The summed E-state index contributed by atoms with van der Waals surface area (Å²) in [5, 5.41) is 0. The van der Waals surface area contributed by atoms with E-state index in [2.05, 4.69) is 44.4 Å². The van der Waals surface area contributed by atoms with E-state index in [4.69, 9.17) is 0 Å². The summed E-state index contributed by atoms with van der Waals surface area (Å²) in [6.07, 6.45) is 2.85. The molecule has 0 saturated carbocycles. The molecule has 2 aliphatic heterocycles. The second-order valence-electron chi connectivity index (χ2n) is 7.82. The molecule has 2 fully saturated rings. The van der Waals surface area contributed by atoms with Crippen molar-refractivity contribution in [1.82, 2.24) is 9.80 Å². The number of likely N-dealkylation sites (tertiary alicyclic amines) is 2. The van der Waals surface area contributed by atoms with Crippen molar-refractivity contribution < 1.29 is 0 Å². The Labute approximate surface area is 114 Å². The zero-order valence-electron chi connectivity index (χ0n) is 13.1. The van der Waals surface area contributed by atoms with Crippen LogP contribution in [0.4, 0.5) is 0 Å². The first kappa shape index (κ1) is 14.3. The summed E-state index contributed by atoms with van der Waals surface area (Å²) in [5.41, 5.74) is 0.376. The van der Waals surface area contributed by atoms with Crippen LogP contribution in [0, 0.1) is 17.8 Å². The summed E-state index contributed by atoms with van der Waals surface area (Å²) < 4.78 is 0. The van der Waals surface area contributed by atoms with Gasteiger partial charge < -0.3 is 4.90 Å². The predicted molar refractivity (Wildman–Crippen MR) is 78.8 cm³/mol. The molecule has 0 aromatic carbocycles. The second-order valence-corrected chi connectivity index (χ2v) is 7.82. The maximum atomic E-state index is 2.71. The Morgan fingerprint density at radius 1 is 1.06 bits per heavy atom. The fourth-order valence-corrected chi connectivity index (χ4v) is 3.40. The van der Waals surface area contributed by atoms with E-state index in [0.29, 0.717) is 5.54 Å². The first-order valence-electron chi connectivity index (χ1n) is 7.83. The highest BCUT2D eigenvalue weighted by atomic mass is 15.3. The van der Waals surface area contributed by atoms with E-state index < -0.39 is 0 Å². The lowest BCUT2D eigenvalue weighted by Crippen LogP contribution is -2.58. The van der Waals surface area contributed by atoms with Gasteiger partial charge in [-0.3, -0.25) is 4.90 Å². The number of hydrogen-bond donors (Lipinski definition) is 0. The van der Waals surface area contributed by atoms with Crippen molar-refractivity contribution >= 4 is 0 Å². The minimum absolute atomic E-state index is 0.376. The maximum Gasteiger partial charge on any atom is 0.0125 e. The average molecular weight is 252 g/mol. The van der Waals surface area contributed by atoms with Crippen molar-refractivity contribution in [2.45, 2.75) is 53.0 Å². The summed E-state index contributed by atoms with van der Waals surface area (Å²) in [5.74, 6) is 2.79. The van der Waals surface area contributed by atoms with Crippen LogP contribution in [0.15, 0.2) is 0 Å². The van der Waals surface area contributed by atoms with Gasteiger partial charge in [-0.05, 0) is 64.5 Å². The molecular weight excluding hydrogens is 220 g/mol. The molecule has 0 radical (unpaired) electrons. The van der Waals surface area contributed by atoms with Crippen LogP contribution in [0.1, 0.15) is 47.5 Å². The minimum Gasteiger partial charge on any atom is -0.303 e. The molecule has 2 heterocycles. The van der Waals surface area contributed by atoms with Gasteiger partial charge in [0.1, 0.15) is 0 Å². The topological polar surface area (TPSA) is 6.48 Å². The van der Waals surface area contributed by atoms with Gasteiger partial charge in [-0.25, -0.2) is 0 Å². The first-order valence-corrected chi connectivity index (χ1v) is 7.83. The van der Waals surface area contributed by atoms with E-state index in [9.17, 15) is 0 Å². The molecule has 0 aliphatic carbocycles. The number of rotatable bonds is 3. The number of hydrogen-bond acceptors (Lipinski definition) is 2. The molecule has 0 bridgehead atoms. The van der Waals surface area contributed by atoms with Crippen LogP contribution in [0.3, 0.4) is 0 Å². The van der Waals surface area contributed by atoms with Crippen molar-refractivity contribution in [3.63, 3.8) is 0 Å². The van der Waals surface area contributed by atoms with Gasteiger partial charge in [-0.2, -0.15) is 0 Å². The predicted octanol–water partition coefficient (Wildman–Crippen LogP) is 3.08. The molecule has 2 rings (SSSR count). The molecule has 0 N–H and O–H groups in total. The lowest BCUT2D eigenvalue weighted by Gasteiger charge is -2.49.